The molecule has 0 radical (unpaired) electrons. The van der Waals surface area contributed by atoms with E-state index in [2.05, 4.69) is 33.6 Å². The van der Waals surface area contributed by atoms with Crippen LogP contribution in [-0.4, -0.2) is 24.3 Å². The van der Waals surface area contributed by atoms with Gasteiger partial charge in [-0.3, -0.25) is 0 Å². The number of benzene rings is 1. The first-order valence-electron chi connectivity index (χ1n) is 7.93. The van der Waals surface area contributed by atoms with Crippen LogP contribution in [0.1, 0.15) is 19.7 Å². The summed E-state index contributed by atoms with van der Waals surface area (Å²) >= 11 is 14.0. The molecule has 0 fully saturated rings. The van der Waals surface area contributed by atoms with E-state index in [1.54, 1.807) is 24.0 Å². The van der Waals surface area contributed by atoms with Gasteiger partial charge >= 0.3 is 0 Å². The molecule has 0 aliphatic carbocycles. The third-order valence-electron chi connectivity index (χ3n) is 3.69. The molecule has 3 aromatic rings. The van der Waals surface area contributed by atoms with Gasteiger partial charge in [0.1, 0.15) is 5.82 Å². The van der Waals surface area contributed by atoms with E-state index in [1.165, 1.54) is 0 Å². The minimum absolute atomic E-state index is 0.452. The molecule has 3 rings (SSSR count). The molecule has 0 saturated heterocycles. The van der Waals surface area contributed by atoms with Crippen molar-refractivity contribution < 1.29 is 0 Å². The summed E-state index contributed by atoms with van der Waals surface area (Å²) in [4.78, 5) is 4.36. The summed E-state index contributed by atoms with van der Waals surface area (Å²) in [5.74, 6) is 2.94. The Morgan fingerprint density at radius 2 is 2.00 bits per heavy atom. The minimum atomic E-state index is 0.452. The van der Waals surface area contributed by atoms with Gasteiger partial charge in [-0.2, -0.15) is 0 Å². The van der Waals surface area contributed by atoms with Crippen LogP contribution in [0.3, 0.4) is 0 Å². The largest absolute Gasteiger partial charge is 0.337 e. The second-order valence-electron chi connectivity index (χ2n) is 6.18. The zero-order valence-corrected chi connectivity index (χ0v) is 16.6. The van der Waals surface area contributed by atoms with Gasteiger partial charge in [-0.25, -0.2) is 4.98 Å². The number of aromatic nitrogens is 5. The molecular weight excluding hydrogens is 377 g/mol. The Morgan fingerprint density at radius 1 is 1.20 bits per heavy atom. The van der Waals surface area contributed by atoms with Crippen LogP contribution in [-0.2, 0) is 19.3 Å². The lowest BCUT2D eigenvalue weighted by Gasteiger charge is -2.13. The molecule has 0 spiro atoms. The molecule has 132 valence electrons. The van der Waals surface area contributed by atoms with Gasteiger partial charge in [0.15, 0.2) is 11.0 Å². The fourth-order valence-electron chi connectivity index (χ4n) is 2.46. The molecule has 0 unspecified atom stereocenters. The van der Waals surface area contributed by atoms with Crippen molar-refractivity contribution in [1.82, 2.24) is 24.3 Å². The zero-order valence-electron chi connectivity index (χ0n) is 14.3. The van der Waals surface area contributed by atoms with Crippen molar-refractivity contribution >= 4 is 35.0 Å². The van der Waals surface area contributed by atoms with Crippen LogP contribution in [0.25, 0.3) is 11.4 Å². The molecule has 8 heteroatoms. The lowest BCUT2D eigenvalue weighted by molar-refractivity contribution is 0.498. The van der Waals surface area contributed by atoms with Crippen molar-refractivity contribution in [2.45, 2.75) is 31.3 Å². The molecule has 2 heterocycles. The molecule has 0 N–H and O–H groups in total. The topological polar surface area (TPSA) is 48.5 Å². The van der Waals surface area contributed by atoms with Gasteiger partial charge in [-0.05, 0) is 24.1 Å². The smallest absolute Gasteiger partial charge is 0.191 e. The third-order valence-corrected chi connectivity index (χ3v) is 5.20. The quantitative estimate of drug-likeness (QED) is 0.554. The first kappa shape index (κ1) is 18.3. The molecule has 5 nitrogen and oxygen atoms in total. The Kier molecular flexibility index (Phi) is 5.71. The average Bonchev–Trinajstić information content (AvgIpc) is 3.12. The summed E-state index contributed by atoms with van der Waals surface area (Å²) in [6.45, 7) is 5.14. The minimum Gasteiger partial charge on any atom is -0.337 e. The van der Waals surface area contributed by atoms with E-state index in [1.807, 2.05) is 29.9 Å². The Balaban J connectivity index is 1.93. The Bertz CT molecular complexity index is 872. The highest BCUT2D eigenvalue weighted by Gasteiger charge is 2.18. The highest BCUT2D eigenvalue weighted by molar-refractivity contribution is 7.98. The summed E-state index contributed by atoms with van der Waals surface area (Å²) in [6, 6.07) is 5.43. The SMILES string of the molecule is CC(C)Cn1c(SCc2nccn2C)nnc1-c1ccc(Cl)cc1Cl. The van der Waals surface area contributed by atoms with Crippen molar-refractivity contribution in [3.8, 4) is 11.4 Å². The normalized spacial score (nSPS) is 11.4. The molecule has 0 aliphatic heterocycles. The fraction of sp³-hybridized carbons (Fsp3) is 0.353. The second kappa shape index (κ2) is 7.81. The van der Waals surface area contributed by atoms with Crippen LogP contribution in [0.2, 0.25) is 10.0 Å². The molecule has 0 saturated carbocycles. The van der Waals surface area contributed by atoms with E-state index >= 15 is 0 Å². The number of imidazole rings is 1. The van der Waals surface area contributed by atoms with E-state index in [-0.39, 0.29) is 0 Å². The molecule has 25 heavy (non-hydrogen) atoms. The monoisotopic (exact) mass is 395 g/mol. The van der Waals surface area contributed by atoms with Crippen molar-refractivity contribution in [1.29, 1.82) is 0 Å². The van der Waals surface area contributed by atoms with Crippen LogP contribution >= 0.6 is 35.0 Å². The summed E-state index contributed by atoms with van der Waals surface area (Å²) < 4.78 is 4.13. The molecular formula is C17H19Cl2N5S. The number of rotatable bonds is 6. The van der Waals surface area contributed by atoms with Crippen molar-refractivity contribution in [3.05, 3.63) is 46.5 Å². The van der Waals surface area contributed by atoms with Crippen LogP contribution in [0.5, 0.6) is 0 Å². The molecule has 1 aromatic carbocycles. The van der Waals surface area contributed by atoms with Crippen LogP contribution in [0.15, 0.2) is 35.7 Å². The van der Waals surface area contributed by atoms with Crippen molar-refractivity contribution in [2.75, 3.05) is 0 Å². The average molecular weight is 396 g/mol. The molecule has 0 bridgehead atoms. The van der Waals surface area contributed by atoms with E-state index in [0.29, 0.717) is 16.0 Å². The predicted molar refractivity (Wildman–Crippen MR) is 103 cm³/mol. The first-order valence-corrected chi connectivity index (χ1v) is 9.67. The molecule has 2 aromatic heterocycles. The zero-order chi connectivity index (χ0) is 18.0. The van der Waals surface area contributed by atoms with Gasteiger partial charge in [0, 0.05) is 36.6 Å². The number of aryl methyl sites for hydroxylation is 1. The van der Waals surface area contributed by atoms with E-state index < -0.39 is 0 Å². The van der Waals surface area contributed by atoms with Crippen LogP contribution < -0.4 is 0 Å². The summed E-state index contributed by atoms with van der Waals surface area (Å²) in [5, 5.41) is 10.8. The van der Waals surface area contributed by atoms with Gasteiger partial charge in [-0.15, -0.1) is 10.2 Å². The van der Waals surface area contributed by atoms with Gasteiger partial charge in [-0.1, -0.05) is 48.8 Å². The predicted octanol–water partition coefficient (Wildman–Crippen LogP) is 4.93. The Hall–Kier alpha value is -1.50. The standard InChI is InChI=1S/C17H19Cl2N5S/c1-11(2)9-24-16(13-5-4-12(18)8-14(13)19)21-22-17(24)25-10-15-20-6-7-23(15)3/h4-8,11H,9-10H2,1-3H3. The molecule has 0 aliphatic rings. The van der Waals surface area contributed by atoms with Crippen molar-refractivity contribution in [2.24, 2.45) is 13.0 Å². The number of nitrogens with zero attached hydrogens (tertiary/aromatic N) is 5. The number of hydrogen-bond acceptors (Lipinski definition) is 4. The number of hydrogen-bond donors (Lipinski definition) is 0. The van der Waals surface area contributed by atoms with Crippen molar-refractivity contribution in [3.63, 3.8) is 0 Å². The second-order valence-corrected chi connectivity index (χ2v) is 7.96. The highest BCUT2D eigenvalue weighted by Crippen LogP contribution is 2.32. The Labute approximate surface area is 161 Å². The summed E-state index contributed by atoms with van der Waals surface area (Å²) in [7, 11) is 1.99. The van der Waals surface area contributed by atoms with Crippen LogP contribution in [0, 0.1) is 5.92 Å². The lowest BCUT2D eigenvalue weighted by atomic mass is 10.2. The molecule has 0 atom stereocenters. The Morgan fingerprint density at radius 3 is 2.64 bits per heavy atom. The fourth-order valence-corrected chi connectivity index (χ4v) is 3.90. The van der Waals surface area contributed by atoms with Gasteiger partial charge in [0.25, 0.3) is 0 Å². The third kappa shape index (κ3) is 4.19. The maximum Gasteiger partial charge on any atom is 0.191 e. The van der Waals surface area contributed by atoms with Gasteiger partial charge in [0.05, 0.1) is 10.8 Å². The van der Waals surface area contributed by atoms with Gasteiger partial charge < -0.3 is 9.13 Å². The summed E-state index contributed by atoms with van der Waals surface area (Å²) in [5.41, 5.74) is 0.836. The maximum absolute atomic E-state index is 6.38. The number of halogens is 2. The summed E-state index contributed by atoms with van der Waals surface area (Å²) in [6.07, 6.45) is 3.74. The van der Waals surface area contributed by atoms with Gasteiger partial charge in [0.2, 0.25) is 0 Å². The van der Waals surface area contributed by atoms with Crippen LogP contribution in [0.4, 0.5) is 0 Å². The highest BCUT2D eigenvalue weighted by atomic mass is 35.5. The first-order chi connectivity index (χ1) is 12.0. The van der Waals surface area contributed by atoms with E-state index in [0.717, 1.165) is 34.7 Å². The van der Waals surface area contributed by atoms with E-state index in [4.69, 9.17) is 23.2 Å². The lowest BCUT2D eigenvalue weighted by Crippen LogP contribution is -2.08. The molecule has 0 amide bonds. The number of thioether (sulfide) groups is 1. The van der Waals surface area contributed by atoms with E-state index in [9.17, 15) is 0 Å². The maximum atomic E-state index is 6.38.